The summed E-state index contributed by atoms with van der Waals surface area (Å²) in [6.45, 7) is 13.6. The molecule has 4 heteroatoms. The lowest BCUT2D eigenvalue weighted by Crippen LogP contribution is -2.46. The van der Waals surface area contributed by atoms with Crippen molar-refractivity contribution in [1.29, 1.82) is 0 Å². The van der Waals surface area contributed by atoms with Crippen LogP contribution in [0.15, 0.2) is 24.3 Å². The second-order valence-electron chi connectivity index (χ2n) is 6.82. The summed E-state index contributed by atoms with van der Waals surface area (Å²) in [6, 6.07) is 8.32. The lowest BCUT2D eigenvalue weighted by atomic mass is 9.98. The molecule has 0 unspecified atom stereocenters. The molecule has 1 aromatic rings. The molecule has 1 aromatic carbocycles. The first-order valence-electron chi connectivity index (χ1n) is 9.27. The van der Waals surface area contributed by atoms with Gasteiger partial charge in [0.25, 0.3) is 0 Å². The highest BCUT2D eigenvalue weighted by Crippen LogP contribution is 2.28. The van der Waals surface area contributed by atoms with Crippen LogP contribution in [0.5, 0.6) is 5.75 Å². The maximum absolute atomic E-state index is 5.93. The zero-order valence-corrected chi connectivity index (χ0v) is 15.7. The van der Waals surface area contributed by atoms with Crippen LogP contribution in [0.2, 0.25) is 0 Å². The van der Waals surface area contributed by atoms with E-state index in [1.807, 2.05) is 6.07 Å². The fraction of sp³-hybridized carbons (Fsp3) is 0.700. The van der Waals surface area contributed by atoms with Gasteiger partial charge in [0.1, 0.15) is 12.4 Å². The molecular formula is C20H33NO3. The molecule has 2 rings (SSSR count). The van der Waals surface area contributed by atoms with Crippen molar-refractivity contribution in [2.24, 2.45) is 0 Å². The second-order valence-corrected chi connectivity index (χ2v) is 6.82. The maximum atomic E-state index is 5.93. The summed E-state index contributed by atoms with van der Waals surface area (Å²) in [5.41, 5.74) is 1.29. The predicted octanol–water partition coefficient (Wildman–Crippen LogP) is 3.70. The molecule has 3 atom stereocenters. The molecule has 1 saturated heterocycles. The summed E-state index contributed by atoms with van der Waals surface area (Å²) in [4.78, 5) is 2.41. The van der Waals surface area contributed by atoms with Crippen molar-refractivity contribution in [2.45, 2.75) is 52.2 Å². The van der Waals surface area contributed by atoms with Crippen LogP contribution < -0.4 is 4.74 Å². The van der Waals surface area contributed by atoms with E-state index in [0.717, 1.165) is 38.4 Å². The minimum atomic E-state index is 0.314. The van der Waals surface area contributed by atoms with Crippen LogP contribution in [0, 0.1) is 0 Å². The van der Waals surface area contributed by atoms with Gasteiger partial charge in [-0.15, -0.1) is 0 Å². The van der Waals surface area contributed by atoms with Gasteiger partial charge in [0.05, 0.1) is 25.4 Å². The molecule has 24 heavy (non-hydrogen) atoms. The lowest BCUT2D eigenvalue weighted by Gasteiger charge is -2.35. The zero-order chi connectivity index (χ0) is 17.4. The third-order valence-corrected chi connectivity index (χ3v) is 4.59. The number of rotatable bonds is 9. The lowest BCUT2D eigenvalue weighted by molar-refractivity contribution is -0.0734. The molecule has 0 aliphatic carbocycles. The third kappa shape index (κ3) is 6.08. The van der Waals surface area contributed by atoms with Crippen LogP contribution in [-0.2, 0) is 9.47 Å². The van der Waals surface area contributed by atoms with Crippen molar-refractivity contribution in [3.8, 4) is 5.75 Å². The second kappa shape index (κ2) is 10.0. The predicted molar refractivity (Wildman–Crippen MR) is 97.9 cm³/mol. The minimum Gasteiger partial charge on any atom is -0.491 e. The van der Waals surface area contributed by atoms with Gasteiger partial charge in [-0.05, 0) is 37.8 Å². The number of nitrogens with zero attached hydrogens (tertiary/aromatic N) is 1. The molecule has 1 heterocycles. The maximum Gasteiger partial charge on any atom is 0.122 e. The standard InChI is InChI=1S/C20H33NO3/c1-5-16(2)19-8-6-7-9-20(19)23-13-12-22-11-10-21-14-17(3)24-18(4)15-21/h6-9,16-18H,5,10-15H2,1-4H3/t16-,17+,18+/m1/s1. The smallest absolute Gasteiger partial charge is 0.122 e. The Morgan fingerprint density at radius 1 is 1.12 bits per heavy atom. The van der Waals surface area contributed by atoms with Crippen molar-refractivity contribution in [2.75, 3.05) is 39.5 Å². The van der Waals surface area contributed by atoms with Gasteiger partial charge in [-0.25, -0.2) is 0 Å². The number of hydrogen-bond donors (Lipinski definition) is 0. The van der Waals surface area contributed by atoms with E-state index in [1.54, 1.807) is 0 Å². The first-order valence-corrected chi connectivity index (χ1v) is 9.27. The molecule has 0 aromatic heterocycles. The van der Waals surface area contributed by atoms with Crippen molar-refractivity contribution < 1.29 is 14.2 Å². The summed E-state index contributed by atoms with van der Waals surface area (Å²) >= 11 is 0. The Morgan fingerprint density at radius 3 is 2.54 bits per heavy atom. The number of hydrogen-bond acceptors (Lipinski definition) is 4. The van der Waals surface area contributed by atoms with Gasteiger partial charge in [-0.2, -0.15) is 0 Å². The fourth-order valence-electron chi connectivity index (χ4n) is 3.21. The molecule has 0 N–H and O–H groups in total. The van der Waals surface area contributed by atoms with Crippen LogP contribution in [-0.4, -0.2) is 56.6 Å². The molecule has 0 saturated carbocycles. The first-order chi connectivity index (χ1) is 11.6. The highest BCUT2D eigenvalue weighted by atomic mass is 16.5. The third-order valence-electron chi connectivity index (χ3n) is 4.59. The van der Waals surface area contributed by atoms with E-state index in [-0.39, 0.29) is 0 Å². The van der Waals surface area contributed by atoms with Gasteiger partial charge in [0, 0.05) is 19.6 Å². The number of ether oxygens (including phenoxy) is 3. The highest BCUT2D eigenvalue weighted by molar-refractivity contribution is 5.35. The summed E-state index contributed by atoms with van der Waals surface area (Å²) in [5, 5.41) is 0. The highest BCUT2D eigenvalue weighted by Gasteiger charge is 2.21. The van der Waals surface area contributed by atoms with E-state index in [9.17, 15) is 0 Å². The van der Waals surface area contributed by atoms with E-state index in [2.05, 4.69) is 50.8 Å². The summed E-state index contributed by atoms with van der Waals surface area (Å²) in [5.74, 6) is 1.51. The van der Waals surface area contributed by atoms with Crippen LogP contribution in [0.4, 0.5) is 0 Å². The average molecular weight is 335 g/mol. The normalized spacial score (nSPS) is 23.2. The fourth-order valence-corrected chi connectivity index (χ4v) is 3.21. The number of para-hydroxylation sites is 1. The van der Waals surface area contributed by atoms with Crippen LogP contribution in [0.3, 0.4) is 0 Å². The summed E-state index contributed by atoms with van der Waals surface area (Å²) < 4.78 is 17.4. The van der Waals surface area contributed by atoms with E-state index in [0.29, 0.717) is 31.3 Å². The molecular weight excluding hydrogens is 302 g/mol. The SMILES string of the molecule is CC[C@@H](C)c1ccccc1OCCOCCN1C[C@H](C)O[C@@H](C)C1. The van der Waals surface area contributed by atoms with Gasteiger partial charge in [0.2, 0.25) is 0 Å². The van der Waals surface area contributed by atoms with E-state index >= 15 is 0 Å². The average Bonchev–Trinajstić information content (AvgIpc) is 2.56. The Bertz CT molecular complexity index is 470. The van der Waals surface area contributed by atoms with E-state index < -0.39 is 0 Å². The molecule has 1 aliphatic rings. The van der Waals surface area contributed by atoms with Crippen molar-refractivity contribution in [3.05, 3.63) is 29.8 Å². The Hall–Kier alpha value is -1.10. The van der Waals surface area contributed by atoms with Crippen LogP contribution in [0.25, 0.3) is 0 Å². The first kappa shape index (κ1) is 19.2. The quantitative estimate of drug-likeness (QED) is 0.644. The molecule has 4 nitrogen and oxygen atoms in total. The Morgan fingerprint density at radius 2 is 1.83 bits per heavy atom. The largest absolute Gasteiger partial charge is 0.491 e. The minimum absolute atomic E-state index is 0.314. The van der Waals surface area contributed by atoms with Gasteiger partial charge in [-0.3, -0.25) is 4.90 Å². The van der Waals surface area contributed by atoms with Gasteiger partial charge in [0.15, 0.2) is 0 Å². The molecule has 1 fully saturated rings. The van der Waals surface area contributed by atoms with Gasteiger partial charge < -0.3 is 14.2 Å². The van der Waals surface area contributed by atoms with E-state index in [1.165, 1.54) is 5.56 Å². The molecule has 0 bridgehead atoms. The summed E-state index contributed by atoms with van der Waals surface area (Å²) in [7, 11) is 0. The molecule has 0 spiro atoms. The molecule has 0 amide bonds. The molecule has 0 radical (unpaired) electrons. The number of morpholine rings is 1. The van der Waals surface area contributed by atoms with Gasteiger partial charge in [-0.1, -0.05) is 32.0 Å². The molecule has 136 valence electrons. The summed E-state index contributed by atoms with van der Waals surface area (Å²) in [6.07, 6.45) is 1.75. The van der Waals surface area contributed by atoms with Crippen molar-refractivity contribution in [1.82, 2.24) is 4.90 Å². The van der Waals surface area contributed by atoms with Crippen molar-refractivity contribution >= 4 is 0 Å². The monoisotopic (exact) mass is 335 g/mol. The van der Waals surface area contributed by atoms with Crippen molar-refractivity contribution in [3.63, 3.8) is 0 Å². The number of benzene rings is 1. The molecule has 1 aliphatic heterocycles. The van der Waals surface area contributed by atoms with Crippen LogP contribution in [0.1, 0.15) is 45.6 Å². The topological polar surface area (TPSA) is 30.9 Å². The van der Waals surface area contributed by atoms with Gasteiger partial charge >= 0.3 is 0 Å². The Balaban J connectivity index is 1.63. The zero-order valence-electron chi connectivity index (χ0n) is 15.7. The van der Waals surface area contributed by atoms with E-state index in [4.69, 9.17) is 14.2 Å². The Labute approximate surface area is 147 Å². The Kier molecular flexibility index (Phi) is 8.03. The van der Waals surface area contributed by atoms with Crippen LogP contribution >= 0.6 is 0 Å².